The molecule has 0 aliphatic carbocycles. The highest BCUT2D eigenvalue weighted by molar-refractivity contribution is 7.48. The van der Waals surface area contributed by atoms with Crippen LogP contribution in [0.5, 0.6) is 0 Å². The summed E-state index contributed by atoms with van der Waals surface area (Å²) in [4.78, 5) is 11.6. The maximum Gasteiger partial charge on any atom is 0.478 e. The Balaban J connectivity index is 1.91. The van der Waals surface area contributed by atoms with E-state index in [9.17, 15) is 9.36 Å². The molecule has 2 rings (SSSR count). The second-order valence-corrected chi connectivity index (χ2v) is 7.50. The molecule has 0 spiro atoms. The maximum absolute atomic E-state index is 12.9. The maximum atomic E-state index is 12.9. The van der Waals surface area contributed by atoms with Crippen LogP contribution in [0.2, 0.25) is 0 Å². The van der Waals surface area contributed by atoms with E-state index in [0.29, 0.717) is 6.42 Å². The summed E-state index contributed by atoms with van der Waals surface area (Å²) in [6.07, 6.45) is 1.90. The molecule has 0 aliphatic heterocycles. The highest BCUT2D eigenvalue weighted by atomic mass is 31.2. The van der Waals surface area contributed by atoms with E-state index in [2.05, 4.69) is 0 Å². The predicted octanol–water partition coefficient (Wildman–Crippen LogP) is 5.24. The molecular weight excluding hydrogens is 367 g/mol. The van der Waals surface area contributed by atoms with Gasteiger partial charge in [0, 0.05) is 6.42 Å². The summed E-state index contributed by atoms with van der Waals surface area (Å²) in [5, 5.41) is 0. The third-order valence-corrected chi connectivity index (χ3v) is 4.94. The Hall–Kier alpha value is -1.98. The van der Waals surface area contributed by atoms with Crippen molar-refractivity contribution in [2.75, 3.05) is 6.79 Å². The van der Waals surface area contributed by atoms with Gasteiger partial charge < -0.3 is 4.74 Å². The summed E-state index contributed by atoms with van der Waals surface area (Å²) in [7, 11) is -3.91. The first-order valence-electron chi connectivity index (χ1n) is 8.88. The molecule has 2 aromatic rings. The molecule has 27 heavy (non-hydrogen) atoms. The molecule has 0 fully saturated rings. The summed E-state index contributed by atoms with van der Waals surface area (Å²) in [6, 6.07) is 18.5. The lowest BCUT2D eigenvalue weighted by molar-refractivity contribution is -0.151. The van der Waals surface area contributed by atoms with Gasteiger partial charge in [-0.05, 0) is 17.5 Å². The van der Waals surface area contributed by atoms with Crippen LogP contribution < -0.4 is 0 Å². The Morgan fingerprint density at radius 2 is 1.37 bits per heavy atom. The smallest absolute Gasteiger partial charge is 0.438 e. The molecule has 6 nitrogen and oxygen atoms in total. The average molecular weight is 392 g/mol. The molecule has 0 bridgehead atoms. The Morgan fingerprint density at radius 3 is 1.85 bits per heavy atom. The Kier molecular flexibility index (Phi) is 9.22. The number of esters is 1. The van der Waals surface area contributed by atoms with Crippen LogP contribution in [0, 0.1) is 0 Å². The van der Waals surface area contributed by atoms with E-state index in [1.54, 1.807) is 0 Å². The van der Waals surface area contributed by atoms with Crippen molar-refractivity contribution in [2.24, 2.45) is 0 Å². The predicted molar refractivity (Wildman–Crippen MR) is 102 cm³/mol. The highest BCUT2D eigenvalue weighted by Gasteiger charge is 2.28. The van der Waals surface area contributed by atoms with Gasteiger partial charge in [-0.25, -0.2) is 9.09 Å². The zero-order chi connectivity index (χ0) is 19.4. The monoisotopic (exact) mass is 392 g/mol. The molecule has 0 aromatic heterocycles. The number of benzene rings is 2. The van der Waals surface area contributed by atoms with Crippen molar-refractivity contribution in [1.82, 2.24) is 0 Å². The van der Waals surface area contributed by atoms with Gasteiger partial charge in [0.1, 0.15) is 0 Å². The van der Waals surface area contributed by atoms with E-state index in [-0.39, 0.29) is 13.2 Å². The molecule has 0 saturated carbocycles. The molecule has 0 unspecified atom stereocenters. The number of hydrogen-bond acceptors (Lipinski definition) is 6. The summed E-state index contributed by atoms with van der Waals surface area (Å²) in [6.45, 7) is 1.60. The molecule has 7 heteroatoms. The largest absolute Gasteiger partial charge is 0.478 e. The van der Waals surface area contributed by atoms with Gasteiger partial charge in [0.25, 0.3) is 0 Å². The van der Waals surface area contributed by atoms with E-state index < -0.39 is 20.6 Å². The van der Waals surface area contributed by atoms with Gasteiger partial charge in [-0.1, -0.05) is 74.0 Å². The standard InChI is InChI=1S/C20H25O6P/c1-2-3-14-20(21)23-17-26-27(22,24-15-18-10-6-4-7-11-18)25-16-19-12-8-5-9-13-19/h4-13H,2-3,14-17H2,1H3. The molecule has 0 aliphatic rings. The topological polar surface area (TPSA) is 71.1 Å². The van der Waals surface area contributed by atoms with Gasteiger partial charge in [-0.3, -0.25) is 13.8 Å². The molecular formula is C20H25O6P. The minimum Gasteiger partial charge on any atom is -0.438 e. The van der Waals surface area contributed by atoms with Crippen molar-refractivity contribution in [1.29, 1.82) is 0 Å². The molecule has 146 valence electrons. The molecule has 0 amide bonds. The molecule has 0 N–H and O–H groups in total. The van der Waals surface area contributed by atoms with Crippen LogP contribution in [0.25, 0.3) is 0 Å². The van der Waals surface area contributed by atoms with E-state index in [4.69, 9.17) is 18.3 Å². The lowest BCUT2D eigenvalue weighted by atomic mass is 10.2. The summed E-state index contributed by atoms with van der Waals surface area (Å²) < 4.78 is 33.9. The van der Waals surface area contributed by atoms with Crippen molar-refractivity contribution >= 4 is 13.8 Å². The zero-order valence-corrected chi connectivity index (χ0v) is 16.3. The fourth-order valence-corrected chi connectivity index (χ4v) is 3.14. The van der Waals surface area contributed by atoms with Crippen LogP contribution in [0.4, 0.5) is 0 Å². The Labute approximate surface area is 160 Å². The van der Waals surface area contributed by atoms with Crippen molar-refractivity contribution in [3.05, 3.63) is 71.8 Å². The first kappa shape index (κ1) is 21.3. The molecule has 2 aromatic carbocycles. The quantitative estimate of drug-likeness (QED) is 0.280. The number of rotatable bonds is 12. The van der Waals surface area contributed by atoms with Crippen LogP contribution in [-0.4, -0.2) is 12.8 Å². The number of carbonyl (C=O) groups is 1. The summed E-state index contributed by atoms with van der Waals surface area (Å²) in [5.74, 6) is -0.408. The van der Waals surface area contributed by atoms with E-state index in [1.807, 2.05) is 67.6 Å². The van der Waals surface area contributed by atoms with Crippen LogP contribution >= 0.6 is 7.82 Å². The van der Waals surface area contributed by atoms with Gasteiger partial charge >= 0.3 is 13.8 Å². The molecule has 0 atom stereocenters. The van der Waals surface area contributed by atoms with Crippen LogP contribution in [0.3, 0.4) is 0 Å². The fourth-order valence-electron chi connectivity index (χ4n) is 2.12. The van der Waals surface area contributed by atoms with Gasteiger partial charge in [-0.15, -0.1) is 0 Å². The van der Waals surface area contributed by atoms with Gasteiger partial charge in [0.05, 0.1) is 13.2 Å². The molecule has 0 saturated heterocycles. The minimum atomic E-state index is -3.91. The second-order valence-electron chi connectivity index (χ2n) is 5.83. The number of phosphoric acid groups is 1. The summed E-state index contributed by atoms with van der Waals surface area (Å²) in [5.41, 5.74) is 1.65. The van der Waals surface area contributed by atoms with E-state index >= 15 is 0 Å². The molecule has 0 heterocycles. The van der Waals surface area contributed by atoms with Gasteiger partial charge in [0.15, 0.2) is 0 Å². The lowest BCUT2D eigenvalue weighted by Crippen LogP contribution is -2.09. The van der Waals surface area contributed by atoms with Crippen molar-refractivity contribution in [3.63, 3.8) is 0 Å². The zero-order valence-electron chi connectivity index (χ0n) is 15.4. The van der Waals surface area contributed by atoms with Crippen molar-refractivity contribution < 1.29 is 27.7 Å². The Bertz CT molecular complexity index is 672. The van der Waals surface area contributed by atoms with Crippen molar-refractivity contribution in [3.8, 4) is 0 Å². The number of unbranched alkanes of at least 4 members (excludes halogenated alkanes) is 1. The first-order valence-corrected chi connectivity index (χ1v) is 10.3. The lowest BCUT2D eigenvalue weighted by Gasteiger charge is -2.18. The van der Waals surface area contributed by atoms with Crippen LogP contribution in [-0.2, 0) is 40.9 Å². The number of phosphoric ester groups is 1. The number of ether oxygens (including phenoxy) is 1. The van der Waals surface area contributed by atoms with Gasteiger partial charge in [0.2, 0.25) is 6.79 Å². The van der Waals surface area contributed by atoms with E-state index in [1.165, 1.54) is 0 Å². The number of hydrogen-bond donors (Lipinski definition) is 0. The second kappa shape index (κ2) is 11.7. The third kappa shape index (κ3) is 8.50. The average Bonchev–Trinajstić information content (AvgIpc) is 2.71. The minimum absolute atomic E-state index is 0.0523. The Morgan fingerprint density at radius 1 is 0.852 bits per heavy atom. The number of carbonyl (C=O) groups excluding carboxylic acids is 1. The SMILES string of the molecule is CCCCC(=O)OCOP(=O)(OCc1ccccc1)OCc1ccccc1. The summed E-state index contributed by atoms with van der Waals surface area (Å²) >= 11 is 0. The normalized spacial score (nSPS) is 11.3. The van der Waals surface area contributed by atoms with Crippen LogP contribution in [0.15, 0.2) is 60.7 Å². The van der Waals surface area contributed by atoms with E-state index in [0.717, 1.165) is 24.0 Å². The first-order chi connectivity index (χ1) is 13.1. The van der Waals surface area contributed by atoms with Crippen LogP contribution in [0.1, 0.15) is 37.3 Å². The fraction of sp³-hybridized carbons (Fsp3) is 0.350. The van der Waals surface area contributed by atoms with Crippen molar-refractivity contribution in [2.45, 2.75) is 39.4 Å². The highest BCUT2D eigenvalue weighted by Crippen LogP contribution is 2.50. The van der Waals surface area contributed by atoms with Gasteiger partial charge in [-0.2, -0.15) is 0 Å². The molecule has 0 radical (unpaired) electrons. The third-order valence-electron chi connectivity index (χ3n) is 3.63.